The van der Waals surface area contributed by atoms with Crippen molar-refractivity contribution in [1.29, 1.82) is 0 Å². The average molecular weight is 164 g/mol. The monoisotopic (exact) mass is 164 g/mol. The van der Waals surface area contributed by atoms with Crippen molar-refractivity contribution in [2.75, 3.05) is 7.11 Å². The maximum absolute atomic E-state index is 5.36. The van der Waals surface area contributed by atoms with Gasteiger partial charge in [-0.1, -0.05) is 19.2 Å². The summed E-state index contributed by atoms with van der Waals surface area (Å²) >= 11 is 0. The van der Waals surface area contributed by atoms with E-state index in [2.05, 4.69) is 13.2 Å². The summed E-state index contributed by atoms with van der Waals surface area (Å²) in [6, 6.07) is 1.90. The van der Waals surface area contributed by atoms with Crippen LogP contribution in [-0.2, 0) is 4.74 Å². The van der Waals surface area contributed by atoms with Crippen LogP contribution in [0, 0.1) is 6.92 Å². The van der Waals surface area contributed by atoms with Gasteiger partial charge in [0.05, 0.1) is 7.11 Å². The highest BCUT2D eigenvalue weighted by Gasteiger charge is 2.09. The van der Waals surface area contributed by atoms with Crippen molar-refractivity contribution in [3.8, 4) is 0 Å². The maximum atomic E-state index is 5.36. The molecule has 0 unspecified atom stereocenters. The zero-order chi connectivity index (χ0) is 9.14. The zero-order valence-electron chi connectivity index (χ0n) is 7.39. The lowest BCUT2D eigenvalue weighted by atomic mass is 10.2. The summed E-state index contributed by atoms with van der Waals surface area (Å²) in [6.45, 7) is 9.24. The number of rotatable bonds is 3. The number of furan rings is 1. The number of hydrogen-bond acceptors (Lipinski definition) is 2. The molecular weight excluding hydrogens is 152 g/mol. The molecule has 0 aliphatic carbocycles. The van der Waals surface area contributed by atoms with Crippen LogP contribution in [0.1, 0.15) is 17.1 Å². The van der Waals surface area contributed by atoms with Gasteiger partial charge in [-0.3, -0.25) is 0 Å². The molecule has 12 heavy (non-hydrogen) atoms. The second kappa shape index (κ2) is 3.30. The fourth-order valence-electron chi connectivity index (χ4n) is 0.996. The van der Waals surface area contributed by atoms with Gasteiger partial charge in [0.25, 0.3) is 0 Å². The van der Waals surface area contributed by atoms with Crippen molar-refractivity contribution < 1.29 is 9.15 Å². The predicted molar refractivity (Wildman–Crippen MR) is 49.6 cm³/mol. The third-order valence-electron chi connectivity index (χ3n) is 1.60. The Morgan fingerprint density at radius 2 is 2.33 bits per heavy atom. The molecule has 2 heteroatoms. The van der Waals surface area contributed by atoms with Crippen LogP contribution in [0.2, 0.25) is 0 Å². The Kier molecular flexibility index (Phi) is 2.38. The first kappa shape index (κ1) is 8.65. The second-order valence-electron chi connectivity index (χ2n) is 2.47. The quantitative estimate of drug-likeness (QED) is 0.641. The van der Waals surface area contributed by atoms with Crippen LogP contribution in [0.3, 0.4) is 0 Å². The van der Waals surface area contributed by atoms with E-state index in [4.69, 9.17) is 9.15 Å². The highest BCUT2D eigenvalue weighted by molar-refractivity contribution is 5.65. The third-order valence-corrected chi connectivity index (χ3v) is 1.60. The third kappa shape index (κ3) is 1.42. The maximum Gasteiger partial charge on any atom is 0.175 e. The van der Waals surface area contributed by atoms with Crippen LogP contribution in [0.4, 0.5) is 0 Å². The molecule has 0 spiro atoms. The number of aryl methyl sites for hydroxylation is 1. The highest BCUT2D eigenvalue weighted by Crippen LogP contribution is 2.22. The summed E-state index contributed by atoms with van der Waals surface area (Å²) in [7, 11) is 1.56. The van der Waals surface area contributed by atoms with Gasteiger partial charge < -0.3 is 9.15 Å². The summed E-state index contributed by atoms with van der Waals surface area (Å²) in [6.07, 6.45) is 1.72. The van der Waals surface area contributed by atoms with Gasteiger partial charge in [-0.2, -0.15) is 0 Å². The summed E-state index contributed by atoms with van der Waals surface area (Å²) in [5.74, 6) is 2.01. The van der Waals surface area contributed by atoms with Gasteiger partial charge in [0.1, 0.15) is 5.76 Å². The molecule has 2 nitrogen and oxygen atoms in total. The Labute approximate surface area is 72.1 Å². The van der Waals surface area contributed by atoms with E-state index in [0.717, 1.165) is 11.3 Å². The first-order chi connectivity index (χ1) is 5.69. The minimum Gasteiger partial charge on any atom is -0.493 e. The highest BCUT2D eigenvalue weighted by atomic mass is 16.5. The minimum absolute atomic E-state index is 0.526. The van der Waals surface area contributed by atoms with Crippen LogP contribution in [0.5, 0.6) is 0 Å². The van der Waals surface area contributed by atoms with Gasteiger partial charge in [-0.25, -0.2) is 0 Å². The topological polar surface area (TPSA) is 22.4 Å². The van der Waals surface area contributed by atoms with Crippen LogP contribution in [0.15, 0.2) is 23.6 Å². The fourth-order valence-corrected chi connectivity index (χ4v) is 0.996. The Morgan fingerprint density at radius 1 is 1.67 bits per heavy atom. The fraction of sp³-hybridized carbons (Fsp3) is 0.200. The van der Waals surface area contributed by atoms with Crippen molar-refractivity contribution in [3.63, 3.8) is 0 Å². The zero-order valence-corrected chi connectivity index (χ0v) is 7.39. The van der Waals surface area contributed by atoms with E-state index in [-0.39, 0.29) is 0 Å². The Hall–Kier alpha value is -1.44. The van der Waals surface area contributed by atoms with E-state index < -0.39 is 0 Å². The molecule has 0 radical (unpaired) electrons. The molecule has 0 saturated heterocycles. The first-order valence-corrected chi connectivity index (χ1v) is 3.65. The summed E-state index contributed by atoms with van der Waals surface area (Å²) in [4.78, 5) is 0. The smallest absolute Gasteiger partial charge is 0.175 e. The Bertz CT molecular complexity index is 308. The molecule has 1 heterocycles. The predicted octanol–water partition coefficient (Wildman–Crippen LogP) is 2.85. The van der Waals surface area contributed by atoms with Crippen molar-refractivity contribution in [2.24, 2.45) is 0 Å². The van der Waals surface area contributed by atoms with Gasteiger partial charge >= 0.3 is 0 Å². The number of ether oxygens (including phenoxy) is 1. The lowest BCUT2D eigenvalue weighted by Gasteiger charge is -2.00. The molecule has 0 aliphatic rings. The molecule has 0 amide bonds. The number of hydrogen-bond donors (Lipinski definition) is 0. The van der Waals surface area contributed by atoms with Crippen LogP contribution < -0.4 is 0 Å². The van der Waals surface area contributed by atoms with Crippen molar-refractivity contribution in [1.82, 2.24) is 0 Å². The molecule has 1 aromatic rings. The van der Waals surface area contributed by atoms with Crippen LogP contribution in [0.25, 0.3) is 11.8 Å². The summed E-state index contributed by atoms with van der Waals surface area (Å²) in [5.41, 5.74) is 0.916. The standard InChI is InChI=1S/C10H12O2/c1-5-9-6-7(2)12-10(9)8(3)11-4/h5-6H,1,3H2,2,4H3. The second-order valence-corrected chi connectivity index (χ2v) is 2.47. The van der Waals surface area contributed by atoms with Gasteiger partial charge in [-0.15, -0.1) is 0 Å². The molecule has 0 saturated carbocycles. The van der Waals surface area contributed by atoms with E-state index in [9.17, 15) is 0 Å². The largest absolute Gasteiger partial charge is 0.493 e. The molecule has 0 aromatic carbocycles. The SMILES string of the molecule is C=Cc1cc(C)oc1C(=C)OC. The molecular formula is C10H12O2. The number of methoxy groups -OCH3 is 1. The van der Waals surface area contributed by atoms with Gasteiger partial charge in [0.15, 0.2) is 11.5 Å². The Morgan fingerprint density at radius 3 is 2.83 bits per heavy atom. The molecule has 0 atom stereocenters. The Balaban J connectivity index is 3.12. The van der Waals surface area contributed by atoms with Crippen LogP contribution >= 0.6 is 0 Å². The summed E-state index contributed by atoms with van der Waals surface area (Å²) in [5, 5.41) is 0. The average Bonchev–Trinajstić information content (AvgIpc) is 2.45. The molecule has 0 fully saturated rings. The normalized spacial score (nSPS) is 9.50. The molecule has 64 valence electrons. The van der Waals surface area contributed by atoms with E-state index in [1.807, 2.05) is 13.0 Å². The molecule has 0 N–H and O–H groups in total. The van der Waals surface area contributed by atoms with Gasteiger partial charge in [-0.05, 0) is 13.0 Å². The lowest BCUT2D eigenvalue weighted by Crippen LogP contribution is -1.83. The summed E-state index contributed by atoms with van der Waals surface area (Å²) < 4.78 is 10.3. The van der Waals surface area contributed by atoms with Gasteiger partial charge in [0, 0.05) is 5.56 Å². The molecule has 1 rings (SSSR count). The van der Waals surface area contributed by atoms with Gasteiger partial charge in [0.2, 0.25) is 0 Å². The van der Waals surface area contributed by atoms with Crippen molar-refractivity contribution >= 4 is 11.8 Å². The van der Waals surface area contributed by atoms with E-state index >= 15 is 0 Å². The first-order valence-electron chi connectivity index (χ1n) is 3.65. The molecule has 0 aliphatic heterocycles. The van der Waals surface area contributed by atoms with Crippen LogP contribution in [-0.4, -0.2) is 7.11 Å². The van der Waals surface area contributed by atoms with Crippen molar-refractivity contribution in [3.05, 3.63) is 36.3 Å². The van der Waals surface area contributed by atoms with E-state index in [1.165, 1.54) is 0 Å². The van der Waals surface area contributed by atoms with E-state index in [1.54, 1.807) is 13.2 Å². The molecule has 1 aromatic heterocycles. The lowest BCUT2D eigenvalue weighted by molar-refractivity contribution is 0.351. The molecule has 0 bridgehead atoms. The van der Waals surface area contributed by atoms with Crippen molar-refractivity contribution in [2.45, 2.75) is 6.92 Å². The van der Waals surface area contributed by atoms with E-state index in [0.29, 0.717) is 11.5 Å². The minimum atomic E-state index is 0.526.